The number of carbonyl (C=O) groups excluding carboxylic acids is 1. The maximum Gasteiger partial charge on any atom is 0.219 e. The van der Waals surface area contributed by atoms with Crippen molar-refractivity contribution in [2.45, 2.75) is 70.3 Å². The predicted molar refractivity (Wildman–Crippen MR) is 67.2 cm³/mol. The summed E-state index contributed by atoms with van der Waals surface area (Å²) in [4.78, 5) is 11.2. The molecule has 3 nitrogen and oxygen atoms in total. The molecule has 0 atom stereocenters. The zero-order valence-electron chi connectivity index (χ0n) is 10.6. The van der Waals surface area contributed by atoms with E-state index in [1.54, 1.807) is 0 Å². The molecule has 0 heterocycles. The number of hydrogen-bond donors (Lipinski definition) is 2. The first-order valence-corrected chi connectivity index (χ1v) is 6.72. The van der Waals surface area contributed by atoms with Crippen molar-refractivity contribution in [1.29, 1.82) is 0 Å². The molecule has 1 fully saturated rings. The summed E-state index contributed by atoms with van der Waals surface area (Å²) < 4.78 is 0. The van der Waals surface area contributed by atoms with E-state index in [4.69, 9.17) is 5.73 Å². The van der Waals surface area contributed by atoms with Crippen LogP contribution in [0.4, 0.5) is 0 Å². The average molecular weight is 226 g/mol. The molecule has 0 aromatic heterocycles. The second-order valence-corrected chi connectivity index (χ2v) is 5.12. The van der Waals surface area contributed by atoms with Gasteiger partial charge >= 0.3 is 0 Å². The zero-order valence-corrected chi connectivity index (χ0v) is 10.6. The standard InChI is InChI=1S/C13H26N2O/c1-2-10-15-13(11-12(14)16)8-6-4-3-5-7-9-13/h15H,2-11H2,1H3,(H2,14,16). The largest absolute Gasteiger partial charge is 0.370 e. The maximum atomic E-state index is 11.2. The van der Waals surface area contributed by atoms with Crippen molar-refractivity contribution < 1.29 is 4.79 Å². The van der Waals surface area contributed by atoms with Crippen LogP contribution >= 0.6 is 0 Å². The van der Waals surface area contributed by atoms with Crippen LogP contribution in [0.5, 0.6) is 0 Å². The number of primary amides is 1. The quantitative estimate of drug-likeness (QED) is 0.756. The second-order valence-electron chi connectivity index (χ2n) is 5.12. The minimum atomic E-state index is -0.163. The molecule has 0 bridgehead atoms. The number of rotatable bonds is 5. The lowest BCUT2D eigenvalue weighted by Gasteiger charge is -2.36. The molecular weight excluding hydrogens is 200 g/mol. The highest BCUT2D eigenvalue weighted by Crippen LogP contribution is 2.29. The summed E-state index contributed by atoms with van der Waals surface area (Å²) in [5, 5.41) is 3.58. The normalized spacial score (nSPS) is 21.1. The van der Waals surface area contributed by atoms with Gasteiger partial charge in [0, 0.05) is 12.0 Å². The third-order valence-electron chi connectivity index (χ3n) is 3.57. The van der Waals surface area contributed by atoms with E-state index in [1.165, 1.54) is 32.1 Å². The summed E-state index contributed by atoms with van der Waals surface area (Å²) in [6.07, 6.45) is 10.2. The van der Waals surface area contributed by atoms with E-state index < -0.39 is 0 Å². The van der Waals surface area contributed by atoms with Gasteiger partial charge in [-0.15, -0.1) is 0 Å². The molecule has 16 heavy (non-hydrogen) atoms. The van der Waals surface area contributed by atoms with Crippen LogP contribution in [0.1, 0.15) is 64.7 Å². The van der Waals surface area contributed by atoms with E-state index in [0.29, 0.717) is 6.42 Å². The summed E-state index contributed by atoms with van der Waals surface area (Å²) in [6, 6.07) is 0. The molecule has 3 heteroatoms. The molecule has 0 radical (unpaired) electrons. The van der Waals surface area contributed by atoms with Crippen molar-refractivity contribution in [3.05, 3.63) is 0 Å². The van der Waals surface area contributed by atoms with E-state index in [0.717, 1.165) is 25.8 Å². The maximum absolute atomic E-state index is 11.2. The number of hydrogen-bond acceptors (Lipinski definition) is 2. The van der Waals surface area contributed by atoms with Crippen LogP contribution in [0.2, 0.25) is 0 Å². The van der Waals surface area contributed by atoms with Gasteiger partial charge in [-0.3, -0.25) is 4.79 Å². The van der Waals surface area contributed by atoms with Gasteiger partial charge < -0.3 is 11.1 Å². The molecule has 0 unspecified atom stereocenters. The first kappa shape index (κ1) is 13.5. The molecule has 0 saturated heterocycles. The monoisotopic (exact) mass is 226 g/mol. The number of nitrogens with one attached hydrogen (secondary N) is 1. The van der Waals surface area contributed by atoms with Crippen LogP contribution in [0.25, 0.3) is 0 Å². The Bertz CT molecular complexity index is 202. The summed E-state index contributed by atoms with van der Waals surface area (Å²) >= 11 is 0. The Morgan fingerprint density at radius 1 is 1.19 bits per heavy atom. The van der Waals surface area contributed by atoms with E-state index in [-0.39, 0.29) is 11.4 Å². The van der Waals surface area contributed by atoms with Crippen molar-refractivity contribution in [1.82, 2.24) is 5.32 Å². The molecule has 0 aliphatic heterocycles. The van der Waals surface area contributed by atoms with Gasteiger partial charge in [0.2, 0.25) is 5.91 Å². The lowest BCUT2D eigenvalue weighted by molar-refractivity contribution is -0.119. The average Bonchev–Trinajstić information content (AvgIpc) is 2.20. The van der Waals surface area contributed by atoms with E-state index >= 15 is 0 Å². The van der Waals surface area contributed by atoms with E-state index in [2.05, 4.69) is 12.2 Å². The van der Waals surface area contributed by atoms with Gasteiger partial charge in [0.25, 0.3) is 0 Å². The predicted octanol–water partition coefficient (Wildman–Crippen LogP) is 2.34. The zero-order chi connectivity index (χ0) is 11.9. The van der Waals surface area contributed by atoms with Gasteiger partial charge in [0.15, 0.2) is 0 Å². The second kappa shape index (κ2) is 6.89. The molecular formula is C13H26N2O. The first-order chi connectivity index (χ1) is 7.68. The minimum Gasteiger partial charge on any atom is -0.370 e. The fraction of sp³-hybridized carbons (Fsp3) is 0.923. The van der Waals surface area contributed by atoms with Crippen LogP contribution in [0, 0.1) is 0 Å². The number of carbonyl (C=O) groups is 1. The summed E-state index contributed by atoms with van der Waals surface area (Å²) in [7, 11) is 0. The Hall–Kier alpha value is -0.570. The van der Waals surface area contributed by atoms with Crippen molar-refractivity contribution >= 4 is 5.91 Å². The van der Waals surface area contributed by atoms with Crippen LogP contribution in [0.3, 0.4) is 0 Å². The fourth-order valence-electron chi connectivity index (χ4n) is 2.72. The smallest absolute Gasteiger partial charge is 0.219 e. The minimum absolute atomic E-state index is 0.00225. The molecule has 3 N–H and O–H groups in total. The molecule has 1 aliphatic carbocycles. The molecule has 0 spiro atoms. The van der Waals surface area contributed by atoms with E-state index in [9.17, 15) is 4.79 Å². The Labute approximate surface area is 99.2 Å². The lowest BCUT2D eigenvalue weighted by Crippen LogP contribution is -2.48. The Kier molecular flexibility index (Phi) is 5.81. The summed E-state index contributed by atoms with van der Waals surface area (Å²) in [5.74, 6) is -0.163. The molecule has 1 aliphatic rings. The number of amides is 1. The van der Waals surface area contributed by atoms with Crippen LogP contribution in [-0.4, -0.2) is 18.0 Å². The van der Waals surface area contributed by atoms with Crippen molar-refractivity contribution in [2.75, 3.05) is 6.54 Å². The van der Waals surface area contributed by atoms with Gasteiger partial charge in [-0.05, 0) is 25.8 Å². The van der Waals surface area contributed by atoms with Gasteiger partial charge in [0.1, 0.15) is 0 Å². The van der Waals surface area contributed by atoms with Crippen LogP contribution < -0.4 is 11.1 Å². The summed E-state index contributed by atoms with van der Waals surface area (Å²) in [6.45, 7) is 3.15. The van der Waals surface area contributed by atoms with Crippen molar-refractivity contribution in [3.8, 4) is 0 Å². The highest BCUT2D eigenvalue weighted by Gasteiger charge is 2.30. The van der Waals surface area contributed by atoms with Crippen LogP contribution in [-0.2, 0) is 4.79 Å². The molecule has 94 valence electrons. The summed E-state index contributed by atoms with van der Waals surface area (Å²) in [5.41, 5.74) is 5.39. The third kappa shape index (κ3) is 4.52. The van der Waals surface area contributed by atoms with Crippen LogP contribution in [0.15, 0.2) is 0 Å². The Morgan fingerprint density at radius 2 is 1.75 bits per heavy atom. The molecule has 0 aromatic carbocycles. The SMILES string of the molecule is CCCNC1(CC(N)=O)CCCCCCC1. The Morgan fingerprint density at radius 3 is 2.25 bits per heavy atom. The Balaban J connectivity index is 2.60. The van der Waals surface area contributed by atoms with Gasteiger partial charge in [-0.1, -0.05) is 39.0 Å². The highest BCUT2D eigenvalue weighted by atomic mass is 16.1. The molecule has 1 rings (SSSR count). The fourth-order valence-corrected chi connectivity index (χ4v) is 2.72. The molecule has 1 saturated carbocycles. The third-order valence-corrected chi connectivity index (χ3v) is 3.57. The van der Waals surface area contributed by atoms with Gasteiger partial charge in [0.05, 0.1) is 0 Å². The van der Waals surface area contributed by atoms with Gasteiger partial charge in [-0.2, -0.15) is 0 Å². The number of nitrogens with two attached hydrogens (primary N) is 1. The highest BCUT2D eigenvalue weighted by molar-refractivity contribution is 5.75. The van der Waals surface area contributed by atoms with Gasteiger partial charge in [-0.25, -0.2) is 0 Å². The van der Waals surface area contributed by atoms with Crippen molar-refractivity contribution in [3.63, 3.8) is 0 Å². The topological polar surface area (TPSA) is 55.1 Å². The van der Waals surface area contributed by atoms with Crippen molar-refractivity contribution in [2.24, 2.45) is 5.73 Å². The van der Waals surface area contributed by atoms with E-state index in [1.807, 2.05) is 0 Å². The molecule has 0 aromatic rings. The first-order valence-electron chi connectivity index (χ1n) is 6.72. The molecule has 1 amide bonds. The lowest BCUT2D eigenvalue weighted by atomic mass is 9.81.